The molecule has 1 N–H and O–H groups in total. The molecule has 1 amide bonds. The summed E-state index contributed by atoms with van der Waals surface area (Å²) in [6.07, 6.45) is 0.200. The van der Waals surface area contributed by atoms with E-state index < -0.39 is 5.82 Å². The third-order valence-corrected chi connectivity index (χ3v) is 2.02. The average molecular weight is 236 g/mol. The normalized spacial score (nSPS) is 9.93. The second-order valence-electron chi connectivity index (χ2n) is 2.62. The zero-order valence-electron chi connectivity index (χ0n) is 7.19. The van der Waals surface area contributed by atoms with E-state index >= 15 is 0 Å². The van der Waals surface area contributed by atoms with Crippen molar-refractivity contribution in [1.29, 1.82) is 0 Å². The predicted molar refractivity (Wildman–Crippen MR) is 55.4 cm³/mol. The zero-order valence-corrected chi connectivity index (χ0v) is 8.70. The minimum Gasteiger partial charge on any atom is -0.326 e. The van der Waals surface area contributed by atoms with Crippen molar-refractivity contribution in [3.8, 4) is 0 Å². The number of alkyl halides is 1. The van der Waals surface area contributed by atoms with Crippen molar-refractivity contribution in [3.63, 3.8) is 0 Å². The van der Waals surface area contributed by atoms with Gasteiger partial charge in [0.25, 0.3) is 0 Å². The molecule has 0 radical (unpaired) electrons. The maximum Gasteiger partial charge on any atom is 0.225 e. The Balaban J connectivity index is 2.68. The molecule has 14 heavy (non-hydrogen) atoms. The van der Waals surface area contributed by atoms with Gasteiger partial charge in [0.2, 0.25) is 5.91 Å². The maximum absolute atomic E-state index is 12.9. The second-order valence-corrected chi connectivity index (χ2v) is 3.40. The van der Waals surface area contributed by atoms with E-state index in [4.69, 9.17) is 23.2 Å². The topological polar surface area (TPSA) is 29.1 Å². The van der Waals surface area contributed by atoms with Gasteiger partial charge in [-0.05, 0) is 18.2 Å². The number of anilines is 1. The highest BCUT2D eigenvalue weighted by molar-refractivity contribution is 6.30. The van der Waals surface area contributed by atoms with Crippen molar-refractivity contribution >= 4 is 34.8 Å². The maximum atomic E-state index is 12.9. The van der Waals surface area contributed by atoms with E-state index in [0.29, 0.717) is 5.69 Å². The van der Waals surface area contributed by atoms with E-state index in [1.165, 1.54) is 12.1 Å². The van der Waals surface area contributed by atoms with Crippen molar-refractivity contribution in [2.45, 2.75) is 6.42 Å². The van der Waals surface area contributed by atoms with Gasteiger partial charge in [0.05, 0.1) is 5.02 Å². The number of nitrogens with one attached hydrogen (secondary N) is 1. The van der Waals surface area contributed by atoms with Crippen molar-refractivity contribution in [3.05, 3.63) is 29.0 Å². The molecule has 0 aliphatic rings. The average Bonchev–Trinajstić information content (AvgIpc) is 2.12. The fraction of sp³-hybridized carbons (Fsp3) is 0.222. The summed E-state index contributed by atoms with van der Waals surface area (Å²) in [4.78, 5) is 11.1. The largest absolute Gasteiger partial charge is 0.326 e. The summed E-state index contributed by atoms with van der Waals surface area (Å²) >= 11 is 10.8. The van der Waals surface area contributed by atoms with Gasteiger partial charge < -0.3 is 5.32 Å². The Labute approximate surface area is 91.0 Å². The summed E-state index contributed by atoms with van der Waals surface area (Å²) in [7, 11) is 0. The first-order valence-electron chi connectivity index (χ1n) is 3.94. The number of halogens is 3. The van der Waals surface area contributed by atoms with Crippen LogP contribution in [-0.4, -0.2) is 11.8 Å². The Morgan fingerprint density at radius 1 is 1.50 bits per heavy atom. The second kappa shape index (κ2) is 5.17. The molecule has 0 bridgehead atoms. The number of rotatable bonds is 3. The standard InChI is InChI=1S/C9H8Cl2FNO/c10-4-3-9(14)13-6-1-2-7(11)8(12)5-6/h1-2,5H,3-4H2,(H,13,14). The van der Waals surface area contributed by atoms with Gasteiger partial charge in [-0.25, -0.2) is 4.39 Å². The molecule has 0 aliphatic carbocycles. The highest BCUT2D eigenvalue weighted by atomic mass is 35.5. The molecule has 1 rings (SSSR count). The predicted octanol–water partition coefficient (Wildman–Crippen LogP) is 3.05. The van der Waals surface area contributed by atoms with Gasteiger partial charge in [-0.2, -0.15) is 0 Å². The fourth-order valence-corrected chi connectivity index (χ4v) is 1.17. The molecule has 0 spiro atoms. The first-order chi connectivity index (χ1) is 6.63. The van der Waals surface area contributed by atoms with E-state index in [9.17, 15) is 9.18 Å². The van der Waals surface area contributed by atoms with Gasteiger partial charge in [0, 0.05) is 18.0 Å². The molecule has 2 nitrogen and oxygen atoms in total. The molecule has 76 valence electrons. The summed E-state index contributed by atoms with van der Waals surface area (Å²) in [5.74, 6) is -0.570. The Bertz CT molecular complexity index is 344. The minimum absolute atomic E-state index is 0.0281. The zero-order chi connectivity index (χ0) is 10.6. The molecule has 1 aromatic carbocycles. The van der Waals surface area contributed by atoms with Crippen LogP contribution in [0.25, 0.3) is 0 Å². The van der Waals surface area contributed by atoms with E-state index in [1.54, 1.807) is 0 Å². The van der Waals surface area contributed by atoms with Crippen LogP contribution in [0.4, 0.5) is 10.1 Å². The van der Waals surface area contributed by atoms with Crippen LogP contribution in [0.3, 0.4) is 0 Å². The summed E-state index contributed by atoms with van der Waals surface area (Å²) in [6, 6.07) is 4.07. The van der Waals surface area contributed by atoms with Crippen LogP contribution in [0.15, 0.2) is 18.2 Å². The lowest BCUT2D eigenvalue weighted by atomic mass is 10.3. The van der Waals surface area contributed by atoms with E-state index in [1.807, 2.05) is 0 Å². The molecule has 0 saturated carbocycles. The van der Waals surface area contributed by atoms with Crippen molar-refractivity contribution in [2.75, 3.05) is 11.2 Å². The molecule has 0 unspecified atom stereocenters. The highest BCUT2D eigenvalue weighted by Gasteiger charge is 2.04. The van der Waals surface area contributed by atoms with E-state index in [2.05, 4.69) is 5.32 Å². The van der Waals surface area contributed by atoms with Crippen LogP contribution in [0, 0.1) is 5.82 Å². The molecule has 0 fully saturated rings. The van der Waals surface area contributed by atoms with Gasteiger partial charge in [0.1, 0.15) is 5.82 Å². The van der Waals surface area contributed by atoms with Crippen LogP contribution in [0.1, 0.15) is 6.42 Å². The lowest BCUT2D eigenvalue weighted by Gasteiger charge is -2.04. The van der Waals surface area contributed by atoms with E-state index in [0.717, 1.165) is 6.07 Å². The minimum atomic E-state index is -0.560. The summed E-state index contributed by atoms with van der Waals surface area (Å²) in [5.41, 5.74) is 0.377. The number of hydrogen-bond acceptors (Lipinski definition) is 1. The number of amides is 1. The third kappa shape index (κ3) is 3.16. The Morgan fingerprint density at radius 2 is 2.21 bits per heavy atom. The van der Waals surface area contributed by atoms with Crippen LogP contribution < -0.4 is 5.32 Å². The first-order valence-corrected chi connectivity index (χ1v) is 4.85. The first kappa shape index (κ1) is 11.3. The summed E-state index contributed by atoms with van der Waals surface area (Å²) in [5, 5.41) is 2.52. The molecule has 0 heterocycles. The lowest BCUT2D eigenvalue weighted by Crippen LogP contribution is -2.11. The number of carbonyl (C=O) groups excluding carboxylic acids is 1. The van der Waals surface area contributed by atoms with Crippen molar-refractivity contribution < 1.29 is 9.18 Å². The molecule has 0 aromatic heterocycles. The fourth-order valence-electron chi connectivity index (χ4n) is 0.883. The highest BCUT2D eigenvalue weighted by Crippen LogP contribution is 2.18. The van der Waals surface area contributed by atoms with E-state index in [-0.39, 0.29) is 23.2 Å². The Hall–Kier alpha value is -0.800. The molecule has 1 aromatic rings. The molecular weight excluding hydrogens is 228 g/mol. The third-order valence-electron chi connectivity index (χ3n) is 1.52. The molecule has 0 atom stereocenters. The summed E-state index contributed by atoms with van der Waals surface area (Å²) in [6.45, 7) is 0. The SMILES string of the molecule is O=C(CCCl)Nc1ccc(Cl)c(F)c1. The lowest BCUT2D eigenvalue weighted by molar-refractivity contribution is -0.115. The van der Waals surface area contributed by atoms with Crippen LogP contribution in [0.2, 0.25) is 5.02 Å². The van der Waals surface area contributed by atoms with Gasteiger partial charge in [0.15, 0.2) is 0 Å². The molecular formula is C9H8Cl2FNO. The summed E-state index contributed by atoms with van der Waals surface area (Å²) < 4.78 is 12.9. The van der Waals surface area contributed by atoms with Gasteiger partial charge >= 0.3 is 0 Å². The molecule has 0 aliphatic heterocycles. The van der Waals surface area contributed by atoms with Gasteiger partial charge in [-0.1, -0.05) is 11.6 Å². The molecule has 5 heteroatoms. The van der Waals surface area contributed by atoms with Crippen LogP contribution in [0.5, 0.6) is 0 Å². The monoisotopic (exact) mass is 235 g/mol. The van der Waals surface area contributed by atoms with Gasteiger partial charge in [-0.15, -0.1) is 11.6 Å². The Kier molecular flexibility index (Phi) is 4.17. The Morgan fingerprint density at radius 3 is 2.79 bits per heavy atom. The number of benzene rings is 1. The van der Waals surface area contributed by atoms with Crippen LogP contribution in [-0.2, 0) is 4.79 Å². The van der Waals surface area contributed by atoms with Gasteiger partial charge in [-0.3, -0.25) is 4.79 Å². The van der Waals surface area contributed by atoms with Crippen LogP contribution >= 0.6 is 23.2 Å². The smallest absolute Gasteiger partial charge is 0.225 e. The quantitative estimate of drug-likeness (QED) is 0.803. The number of carbonyl (C=O) groups is 1. The van der Waals surface area contributed by atoms with Crippen molar-refractivity contribution in [2.24, 2.45) is 0 Å². The number of hydrogen-bond donors (Lipinski definition) is 1. The molecule has 0 saturated heterocycles. The van der Waals surface area contributed by atoms with Crippen molar-refractivity contribution in [1.82, 2.24) is 0 Å².